The largest absolute Gasteiger partial charge is 0.416 e. The third-order valence-corrected chi connectivity index (χ3v) is 6.82. The van der Waals surface area contributed by atoms with Crippen LogP contribution in [0.15, 0.2) is 69.2 Å². The molecule has 2 aromatic carbocycles. The molecular weight excluding hydrogens is 511 g/mol. The SMILES string of the molecule is [C-]#[N+]c1ccc(-n2ncc(S(C)(=O)=O)c2-c2c(C)n(-c3cccc(C(F)(F)F)c3)c(=O)n(C)c2=O)cc1. The lowest BCUT2D eigenvalue weighted by Gasteiger charge is -2.18. The quantitative estimate of drug-likeness (QED) is 0.376. The molecule has 4 aromatic rings. The maximum atomic E-state index is 13.4. The molecule has 0 aliphatic rings. The van der Waals surface area contributed by atoms with E-state index in [-0.39, 0.29) is 27.5 Å². The Balaban J connectivity index is 2.12. The molecule has 9 nitrogen and oxygen atoms in total. The summed E-state index contributed by atoms with van der Waals surface area (Å²) in [6.07, 6.45) is -2.72. The summed E-state index contributed by atoms with van der Waals surface area (Å²) in [5.74, 6) is 0. The van der Waals surface area contributed by atoms with Crippen molar-refractivity contribution in [3.05, 3.63) is 98.2 Å². The average molecular weight is 530 g/mol. The normalized spacial score (nSPS) is 11.9. The van der Waals surface area contributed by atoms with E-state index in [2.05, 4.69) is 9.94 Å². The van der Waals surface area contributed by atoms with Crippen LogP contribution in [0.3, 0.4) is 0 Å². The molecule has 0 bridgehead atoms. The Kier molecular flexibility index (Phi) is 6.17. The van der Waals surface area contributed by atoms with E-state index >= 15 is 0 Å². The van der Waals surface area contributed by atoms with Gasteiger partial charge >= 0.3 is 11.9 Å². The summed E-state index contributed by atoms with van der Waals surface area (Å²) < 4.78 is 68.2. The van der Waals surface area contributed by atoms with Crippen LogP contribution in [-0.2, 0) is 23.1 Å². The molecule has 0 saturated carbocycles. The van der Waals surface area contributed by atoms with Gasteiger partial charge in [-0.05, 0) is 37.3 Å². The summed E-state index contributed by atoms with van der Waals surface area (Å²) in [5, 5.41) is 4.14. The molecule has 0 fully saturated rings. The molecular formula is C24H18F3N5O4S. The van der Waals surface area contributed by atoms with Gasteiger partial charge in [-0.15, -0.1) is 0 Å². The van der Waals surface area contributed by atoms with Gasteiger partial charge in [-0.2, -0.15) is 18.3 Å². The Bertz CT molecular complexity index is 1810. The van der Waals surface area contributed by atoms with Crippen molar-refractivity contribution in [2.45, 2.75) is 18.0 Å². The molecule has 190 valence electrons. The van der Waals surface area contributed by atoms with Crippen LogP contribution < -0.4 is 11.2 Å². The molecule has 0 radical (unpaired) electrons. The lowest BCUT2D eigenvalue weighted by atomic mass is 10.1. The zero-order valence-electron chi connectivity index (χ0n) is 19.6. The Labute approximate surface area is 208 Å². The van der Waals surface area contributed by atoms with Gasteiger partial charge < -0.3 is 0 Å². The van der Waals surface area contributed by atoms with Crippen LogP contribution in [0.25, 0.3) is 27.5 Å². The molecule has 0 saturated heterocycles. The first kappa shape index (κ1) is 25.6. The van der Waals surface area contributed by atoms with E-state index in [0.717, 1.165) is 42.3 Å². The maximum Gasteiger partial charge on any atom is 0.416 e. The molecule has 2 heterocycles. The first-order valence-electron chi connectivity index (χ1n) is 10.5. The van der Waals surface area contributed by atoms with Crippen LogP contribution in [0.1, 0.15) is 11.3 Å². The highest BCUT2D eigenvalue weighted by atomic mass is 32.2. The average Bonchev–Trinajstić information content (AvgIpc) is 3.28. The summed E-state index contributed by atoms with van der Waals surface area (Å²) in [6, 6.07) is 9.95. The van der Waals surface area contributed by atoms with Gasteiger partial charge in [0, 0.05) is 19.0 Å². The Hall–Kier alpha value is -4.44. The topological polar surface area (TPSA) is 100 Å². The second-order valence-corrected chi connectivity index (χ2v) is 10.1. The minimum absolute atomic E-state index is 0.0862. The van der Waals surface area contributed by atoms with Crippen LogP contribution in [0.5, 0.6) is 0 Å². The molecule has 0 amide bonds. The fourth-order valence-electron chi connectivity index (χ4n) is 3.91. The molecule has 0 atom stereocenters. The first-order valence-corrected chi connectivity index (χ1v) is 12.4. The zero-order valence-corrected chi connectivity index (χ0v) is 20.4. The Morgan fingerprint density at radius 3 is 2.24 bits per heavy atom. The van der Waals surface area contributed by atoms with Crippen LogP contribution in [0.4, 0.5) is 18.9 Å². The van der Waals surface area contributed by atoms with Crippen molar-refractivity contribution >= 4 is 15.5 Å². The van der Waals surface area contributed by atoms with E-state index in [1.165, 1.54) is 41.9 Å². The zero-order chi connectivity index (χ0) is 27.3. The third-order valence-electron chi connectivity index (χ3n) is 5.72. The van der Waals surface area contributed by atoms with Crippen LogP contribution >= 0.6 is 0 Å². The van der Waals surface area contributed by atoms with E-state index in [0.29, 0.717) is 15.9 Å². The molecule has 0 aliphatic carbocycles. The molecule has 4 rings (SSSR count). The monoisotopic (exact) mass is 529 g/mol. The van der Waals surface area contributed by atoms with Gasteiger partial charge in [-0.3, -0.25) is 13.9 Å². The molecule has 0 unspecified atom stereocenters. The maximum absolute atomic E-state index is 13.4. The number of halogens is 3. The second kappa shape index (κ2) is 8.90. The summed E-state index contributed by atoms with van der Waals surface area (Å²) in [6.45, 7) is 8.45. The summed E-state index contributed by atoms with van der Waals surface area (Å²) in [7, 11) is -2.82. The lowest BCUT2D eigenvalue weighted by Crippen LogP contribution is -2.40. The number of nitrogens with zero attached hydrogens (tertiary/aromatic N) is 5. The van der Waals surface area contributed by atoms with Crippen LogP contribution in [0, 0.1) is 13.5 Å². The number of alkyl halides is 3. The minimum atomic E-state index is -4.68. The van der Waals surface area contributed by atoms with Crippen molar-refractivity contribution < 1.29 is 21.6 Å². The number of aromatic nitrogens is 4. The highest BCUT2D eigenvalue weighted by Crippen LogP contribution is 2.33. The van der Waals surface area contributed by atoms with E-state index in [4.69, 9.17) is 6.57 Å². The van der Waals surface area contributed by atoms with Gasteiger partial charge in [0.1, 0.15) is 10.6 Å². The number of hydrogen-bond donors (Lipinski definition) is 0. The smallest absolute Gasteiger partial charge is 0.268 e. The van der Waals surface area contributed by atoms with Gasteiger partial charge in [0.25, 0.3) is 5.56 Å². The Morgan fingerprint density at radius 1 is 1.03 bits per heavy atom. The van der Waals surface area contributed by atoms with E-state index in [1.807, 2.05) is 0 Å². The molecule has 2 aromatic heterocycles. The van der Waals surface area contributed by atoms with Crippen molar-refractivity contribution in [1.29, 1.82) is 0 Å². The fraction of sp³-hybridized carbons (Fsp3) is 0.167. The predicted octanol–water partition coefficient (Wildman–Crippen LogP) is 3.67. The predicted molar refractivity (Wildman–Crippen MR) is 129 cm³/mol. The second-order valence-electron chi connectivity index (χ2n) is 8.16. The van der Waals surface area contributed by atoms with Crippen molar-refractivity contribution in [3.8, 4) is 22.6 Å². The van der Waals surface area contributed by atoms with Crippen LogP contribution in [0.2, 0.25) is 0 Å². The number of hydrogen-bond acceptors (Lipinski definition) is 5. The Morgan fingerprint density at radius 2 is 1.68 bits per heavy atom. The van der Waals surface area contributed by atoms with E-state index in [9.17, 15) is 31.2 Å². The molecule has 13 heteroatoms. The summed E-state index contributed by atoms with van der Waals surface area (Å²) >= 11 is 0. The third kappa shape index (κ3) is 4.47. The number of rotatable bonds is 4. The van der Waals surface area contributed by atoms with Crippen molar-refractivity contribution in [2.75, 3.05) is 6.26 Å². The van der Waals surface area contributed by atoms with Gasteiger partial charge in [0.05, 0.1) is 35.3 Å². The van der Waals surface area contributed by atoms with E-state index in [1.54, 1.807) is 0 Å². The highest BCUT2D eigenvalue weighted by molar-refractivity contribution is 7.90. The number of benzene rings is 2. The molecule has 0 aliphatic heterocycles. The first-order chi connectivity index (χ1) is 17.3. The van der Waals surface area contributed by atoms with Crippen molar-refractivity contribution in [2.24, 2.45) is 7.05 Å². The molecule has 0 N–H and O–H groups in total. The van der Waals surface area contributed by atoms with Crippen LogP contribution in [-0.4, -0.2) is 33.6 Å². The summed E-state index contributed by atoms with van der Waals surface area (Å²) in [4.78, 5) is 29.4. The van der Waals surface area contributed by atoms with Crippen molar-refractivity contribution in [3.63, 3.8) is 0 Å². The van der Waals surface area contributed by atoms with E-state index < -0.39 is 32.8 Å². The van der Waals surface area contributed by atoms with Gasteiger partial charge in [-0.1, -0.05) is 18.2 Å². The van der Waals surface area contributed by atoms with Gasteiger partial charge in [0.2, 0.25) is 0 Å². The van der Waals surface area contributed by atoms with Crippen molar-refractivity contribution in [1.82, 2.24) is 18.9 Å². The number of sulfone groups is 1. The van der Waals surface area contributed by atoms with Gasteiger partial charge in [-0.25, -0.2) is 22.7 Å². The fourth-order valence-corrected chi connectivity index (χ4v) is 4.69. The standard InChI is InChI=1S/C24H18F3N5O4S/c1-14-20(21-19(37(4,35)36)13-29-32(21)17-10-8-16(28-2)9-11-17)22(33)30(3)23(34)31(14)18-7-5-6-15(12-18)24(25,26)27/h5-13H,1,3-4H3. The molecule has 0 spiro atoms. The molecule has 37 heavy (non-hydrogen) atoms. The highest BCUT2D eigenvalue weighted by Gasteiger charge is 2.32. The lowest BCUT2D eigenvalue weighted by molar-refractivity contribution is -0.137. The summed E-state index contributed by atoms with van der Waals surface area (Å²) in [5.41, 5.74) is -2.83. The van der Waals surface area contributed by atoms with Gasteiger partial charge in [0.15, 0.2) is 15.5 Å². The minimum Gasteiger partial charge on any atom is -0.268 e.